The molecule has 2 aliphatic carbocycles. The predicted octanol–water partition coefficient (Wildman–Crippen LogP) is 3.69. The molecule has 1 saturated heterocycles. The lowest BCUT2D eigenvalue weighted by Crippen LogP contribution is -2.38. The molecule has 2 aromatic carbocycles. The fourth-order valence-corrected chi connectivity index (χ4v) is 5.69. The second-order valence-corrected chi connectivity index (χ2v) is 9.42. The van der Waals surface area contributed by atoms with Gasteiger partial charge in [-0.3, -0.25) is 39.5 Å². The molecular formula is C25H22N4O7. The van der Waals surface area contributed by atoms with Gasteiger partial charge in [-0.1, -0.05) is 24.3 Å². The lowest BCUT2D eigenvalue weighted by Gasteiger charge is -2.28. The van der Waals surface area contributed by atoms with Gasteiger partial charge in [0.1, 0.15) is 0 Å². The molecule has 1 N–H and O–H groups in total. The topological polar surface area (TPSA) is 153 Å². The Morgan fingerprint density at radius 3 is 2.06 bits per heavy atom. The van der Waals surface area contributed by atoms with Gasteiger partial charge in [-0.15, -0.1) is 0 Å². The number of anilines is 1. The van der Waals surface area contributed by atoms with E-state index in [9.17, 15) is 34.6 Å². The third kappa shape index (κ3) is 3.82. The monoisotopic (exact) mass is 490 g/mol. The number of nitro groups is 2. The Morgan fingerprint density at radius 2 is 1.53 bits per heavy atom. The van der Waals surface area contributed by atoms with Crippen LogP contribution in [0.3, 0.4) is 0 Å². The van der Waals surface area contributed by atoms with E-state index in [0.717, 1.165) is 11.3 Å². The number of nitrogens with zero attached hydrogens (tertiary/aromatic N) is 3. The Bertz CT molecular complexity index is 1310. The van der Waals surface area contributed by atoms with E-state index in [1.54, 1.807) is 6.92 Å². The van der Waals surface area contributed by atoms with Crippen molar-refractivity contribution < 1.29 is 24.2 Å². The maximum absolute atomic E-state index is 13.4. The van der Waals surface area contributed by atoms with Gasteiger partial charge in [-0.05, 0) is 42.4 Å². The second-order valence-electron chi connectivity index (χ2n) is 9.42. The van der Waals surface area contributed by atoms with Crippen LogP contribution in [0.4, 0.5) is 17.1 Å². The van der Waals surface area contributed by atoms with E-state index in [-0.39, 0.29) is 41.4 Å². The first-order valence-electron chi connectivity index (χ1n) is 11.5. The molecule has 5 unspecified atom stereocenters. The summed E-state index contributed by atoms with van der Waals surface area (Å²) < 4.78 is 0. The Hall–Kier alpha value is -4.41. The third-order valence-corrected chi connectivity index (χ3v) is 7.38. The summed E-state index contributed by atoms with van der Waals surface area (Å²) in [5.41, 5.74) is 1.01. The Labute approximate surface area is 205 Å². The van der Waals surface area contributed by atoms with Crippen LogP contribution in [-0.4, -0.2) is 32.5 Å². The number of fused-ring (bicyclic) bond motifs is 5. The molecule has 1 saturated carbocycles. The van der Waals surface area contributed by atoms with Crippen molar-refractivity contribution in [2.24, 2.45) is 23.7 Å². The average molecular weight is 490 g/mol. The van der Waals surface area contributed by atoms with Gasteiger partial charge in [-0.2, -0.15) is 0 Å². The zero-order valence-electron chi connectivity index (χ0n) is 19.2. The van der Waals surface area contributed by atoms with Gasteiger partial charge < -0.3 is 5.32 Å². The zero-order chi connectivity index (χ0) is 25.7. The quantitative estimate of drug-likeness (QED) is 0.269. The first-order valence-corrected chi connectivity index (χ1v) is 11.5. The van der Waals surface area contributed by atoms with Gasteiger partial charge in [0.15, 0.2) is 0 Å². The molecule has 2 bridgehead atoms. The van der Waals surface area contributed by atoms with Crippen molar-refractivity contribution in [3.05, 3.63) is 86.0 Å². The molecular weight excluding hydrogens is 468 g/mol. The van der Waals surface area contributed by atoms with Crippen molar-refractivity contribution in [2.75, 3.05) is 5.32 Å². The van der Waals surface area contributed by atoms with Crippen LogP contribution in [0.5, 0.6) is 0 Å². The van der Waals surface area contributed by atoms with Crippen LogP contribution < -0.4 is 5.32 Å². The van der Waals surface area contributed by atoms with E-state index in [0.29, 0.717) is 16.8 Å². The number of amides is 3. The maximum atomic E-state index is 13.4. The van der Waals surface area contributed by atoms with E-state index in [1.807, 2.05) is 12.2 Å². The van der Waals surface area contributed by atoms with Crippen molar-refractivity contribution in [1.82, 2.24) is 4.90 Å². The molecule has 0 aromatic heterocycles. The summed E-state index contributed by atoms with van der Waals surface area (Å²) in [5, 5.41) is 24.8. The lowest BCUT2D eigenvalue weighted by atomic mass is 9.85. The minimum absolute atomic E-state index is 0.00412. The first-order chi connectivity index (χ1) is 17.2. The highest BCUT2D eigenvalue weighted by atomic mass is 16.6. The lowest BCUT2D eigenvalue weighted by molar-refractivity contribution is -0.385. The first kappa shape index (κ1) is 23.3. The molecule has 0 spiro atoms. The van der Waals surface area contributed by atoms with E-state index in [2.05, 4.69) is 5.32 Å². The molecule has 11 nitrogen and oxygen atoms in total. The molecule has 2 fully saturated rings. The Morgan fingerprint density at radius 1 is 0.972 bits per heavy atom. The smallest absolute Gasteiger partial charge is 0.269 e. The Balaban J connectivity index is 1.44. The average Bonchev–Trinajstić information content (AvgIpc) is 3.53. The molecule has 3 aliphatic rings. The van der Waals surface area contributed by atoms with Crippen LogP contribution in [0.15, 0.2) is 54.6 Å². The summed E-state index contributed by atoms with van der Waals surface area (Å²) in [6.45, 7) is 1.62. The van der Waals surface area contributed by atoms with Crippen LogP contribution in [0.25, 0.3) is 0 Å². The molecule has 3 amide bonds. The number of likely N-dealkylation sites (tertiary alicyclic amines) is 1. The number of hydrogen-bond acceptors (Lipinski definition) is 7. The standard InChI is InChI=1S/C25H22N4O7/c1-13-10-18(29(35)36)8-9-19(13)26-21(30)12-20(14-4-6-17(7-5-14)28(33)34)27-24(31)22-15-2-3-16(11-15)23(22)25(27)32/h2-10,15-16,20,22-23H,11-12H2,1H3,(H,26,30). The highest BCUT2D eigenvalue weighted by molar-refractivity contribution is 6.07. The van der Waals surface area contributed by atoms with Gasteiger partial charge in [0, 0.05) is 30.0 Å². The number of non-ortho nitro benzene ring substituents is 2. The SMILES string of the molecule is Cc1cc([N+](=O)[O-])ccc1NC(=O)CC(c1ccc([N+](=O)[O-])cc1)N1C(=O)C2C3C=CC(C3)C2C1=O. The number of benzene rings is 2. The maximum Gasteiger partial charge on any atom is 0.269 e. The summed E-state index contributed by atoms with van der Waals surface area (Å²) in [7, 11) is 0. The number of nitro benzene ring substituents is 2. The normalized spacial score (nSPS) is 24.6. The van der Waals surface area contributed by atoms with Crippen molar-refractivity contribution >= 4 is 34.8 Å². The van der Waals surface area contributed by atoms with Crippen LogP contribution in [0.1, 0.15) is 30.0 Å². The van der Waals surface area contributed by atoms with Crippen molar-refractivity contribution in [3.63, 3.8) is 0 Å². The van der Waals surface area contributed by atoms with Gasteiger partial charge in [0.2, 0.25) is 17.7 Å². The van der Waals surface area contributed by atoms with Crippen LogP contribution in [0, 0.1) is 50.8 Å². The minimum atomic E-state index is -0.950. The van der Waals surface area contributed by atoms with Crippen molar-refractivity contribution in [3.8, 4) is 0 Å². The number of rotatable bonds is 7. The molecule has 1 heterocycles. The molecule has 5 rings (SSSR count). The molecule has 5 atom stereocenters. The number of carbonyl (C=O) groups is 3. The number of nitrogens with one attached hydrogen (secondary N) is 1. The Kier molecular flexibility index (Phi) is 5.62. The number of hydrogen-bond donors (Lipinski definition) is 1. The minimum Gasteiger partial charge on any atom is -0.326 e. The highest BCUT2D eigenvalue weighted by Crippen LogP contribution is 2.54. The third-order valence-electron chi connectivity index (χ3n) is 7.38. The molecule has 184 valence electrons. The van der Waals surface area contributed by atoms with E-state index in [4.69, 9.17) is 0 Å². The van der Waals surface area contributed by atoms with Crippen LogP contribution >= 0.6 is 0 Å². The van der Waals surface area contributed by atoms with E-state index in [1.165, 1.54) is 42.5 Å². The summed E-state index contributed by atoms with van der Waals surface area (Å²) in [6, 6.07) is 8.54. The van der Waals surface area contributed by atoms with E-state index < -0.39 is 33.6 Å². The van der Waals surface area contributed by atoms with Crippen molar-refractivity contribution in [1.29, 1.82) is 0 Å². The van der Waals surface area contributed by atoms with E-state index >= 15 is 0 Å². The molecule has 2 aromatic rings. The van der Waals surface area contributed by atoms with Crippen molar-refractivity contribution in [2.45, 2.75) is 25.8 Å². The number of aryl methyl sites for hydroxylation is 1. The highest BCUT2D eigenvalue weighted by Gasteiger charge is 2.60. The van der Waals surface area contributed by atoms with Crippen LogP contribution in [-0.2, 0) is 14.4 Å². The summed E-state index contributed by atoms with van der Waals surface area (Å²) in [5.74, 6) is -2.07. The zero-order valence-corrected chi connectivity index (χ0v) is 19.2. The van der Waals surface area contributed by atoms with Crippen LogP contribution in [0.2, 0.25) is 0 Å². The fourth-order valence-electron chi connectivity index (χ4n) is 5.69. The fraction of sp³-hybridized carbons (Fsp3) is 0.320. The summed E-state index contributed by atoms with van der Waals surface area (Å²) >= 11 is 0. The largest absolute Gasteiger partial charge is 0.326 e. The van der Waals surface area contributed by atoms with Gasteiger partial charge in [0.05, 0.1) is 34.1 Å². The predicted molar refractivity (Wildman–Crippen MR) is 126 cm³/mol. The number of allylic oxidation sites excluding steroid dienone is 2. The van der Waals surface area contributed by atoms with Gasteiger partial charge in [0.25, 0.3) is 11.4 Å². The second kappa shape index (κ2) is 8.67. The van der Waals surface area contributed by atoms with Gasteiger partial charge >= 0.3 is 0 Å². The summed E-state index contributed by atoms with van der Waals surface area (Å²) in [4.78, 5) is 62.1. The molecule has 0 radical (unpaired) electrons. The number of carbonyl (C=O) groups excluding carboxylic acids is 3. The molecule has 36 heavy (non-hydrogen) atoms. The van der Waals surface area contributed by atoms with Gasteiger partial charge in [-0.25, -0.2) is 0 Å². The summed E-state index contributed by atoms with van der Waals surface area (Å²) in [6.07, 6.45) is 4.45. The molecule has 1 aliphatic heterocycles. The molecule has 11 heteroatoms. The number of imide groups is 1.